The first-order chi connectivity index (χ1) is 19.0. The number of hydrogen-bond donors (Lipinski definition) is 2. The monoisotopic (exact) mass is 561 g/mol. The zero-order valence-corrected chi connectivity index (χ0v) is 22.4. The van der Waals surface area contributed by atoms with Crippen molar-refractivity contribution in [3.05, 3.63) is 82.2 Å². The number of fused-ring (bicyclic) bond motifs is 1. The Morgan fingerprint density at radius 1 is 1.02 bits per heavy atom. The normalized spacial score (nSPS) is 14.9. The lowest BCUT2D eigenvalue weighted by atomic mass is 9.86. The average Bonchev–Trinajstić information content (AvgIpc) is 2.90. The molecule has 0 saturated heterocycles. The van der Waals surface area contributed by atoms with Crippen LogP contribution in [0.1, 0.15) is 33.9 Å². The van der Waals surface area contributed by atoms with Gasteiger partial charge < -0.3 is 30.2 Å². The summed E-state index contributed by atoms with van der Waals surface area (Å²) in [6.07, 6.45) is -3.65. The molecule has 0 aromatic heterocycles. The number of rotatable bonds is 8. The van der Waals surface area contributed by atoms with E-state index in [9.17, 15) is 22.4 Å². The third-order valence-corrected chi connectivity index (χ3v) is 6.82. The first kappa shape index (κ1) is 28.8. The predicted molar refractivity (Wildman–Crippen MR) is 142 cm³/mol. The van der Waals surface area contributed by atoms with Crippen LogP contribution in [0.3, 0.4) is 0 Å². The molecule has 1 aliphatic rings. The molecule has 2 amide bonds. The number of halogens is 4. The standard InChI is InChI=1S/C29H31F4N3O4/c1-17-12-20(30)5-6-21(17)27-22-15-26(40-11-9-18-4-7-24(38-2)23(34)13-18)25(39-3)14-19(22)8-10-36(27)28(37)35-16-29(31,32)33/h4-7,12-15,27H,8-11,16,34H2,1-3H3,(H,35,37). The number of urea groups is 1. The fraction of sp³-hybridized carbons (Fsp3) is 0.345. The molecular weight excluding hydrogens is 530 g/mol. The highest BCUT2D eigenvalue weighted by molar-refractivity contribution is 5.76. The lowest BCUT2D eigenvalue weighted by Crippen LogP contribution is -2.48. The topological polar surface area (TPSA) is 86.0 Å². The summed E-state index contributed by atoms with van der Waals surface area (Å²) in [7, 11) is 3.05. The van der Waals surface area contributed by atoms with E-state index in [-0.39, 0.29) is 13.2 Å². The Labute approximate surface area is 229 Å². The van der Waals surface area contributed by atoms with Crippen LogP contribution >= 0.6 is 0 Å². The number of hydrogen-bond acceptors (Lipinski definition) is 5. The van der Waals surface area contributed by atoms with E-state index in [1.165, 1.54) is 24.1 Å². The third-order valence-electron chi connectivity index (χ3n) is 6.82. The number of aryl methyl sites for hydroxylation is 1. The van der Waals surface area contributed by atoms with E-state index in [2.05, 4.69) is 0 Å². The van der Waals surface area contributed by atoms with Crippen LogP contribution in [0.15, 0.2) is 48.5 Å². The molecule has 214 valence electrons. The van der Waals surface area contributed by atoms with Gasteiger partial charge in [-0.3, -0.25) is 0 Å². The molecule has 1 unspecified atom stereocenters. The van der Waals surface area contributed by atoms with Crippen LogP contribution in [-0.4, -0.2) is 51.0 Å². The number of amides is 2. The maximum atomic E-state index is 14.0. The molecule has 0 saturated carbocycles. The van der Waals surface area contributed by atoms with Crippen LogP contribution < -0.4 is 25.3 Å². The van der Waals surface area contributed by atoms with Crippen molar-refractivity contribution < 1.29 is 36.6 Å². The Morgan fingerprint density at radius 2 is 1.77 bits per heavy atom. The number of methoxy groups -OCH3 is 2. The molecule has 7 nitrogen and oxygen atoms in total. The van der Waals surface area contributed by atoms with Crippen molar-refractivity contribution in [3.8, 4) is 17.2 Å². The maximum Gasteiger partial charge on any atom is 0.405 e. The van der Waals surface area contributed by atoms with Crippen molar-refractivity contribution in [2.75, 3.05) is 39.6 Å². The number of carbonyl (C=O) groups excluding carboxylic acids is 1. The van der Waals surface area contributed by atoms with Crippen LogP contribution in [0.2, 0.25) is 0 Å². The van der Waals surface area contributed by atoms with E-state index in [1.807, 2.05) is 17.4 Å². The number of nitrogens with two attached hydrogens (primary N) is 1. The van der Waals surface area contributed by atoms with Gasteiger partial charge in [0.2, 0.25) is 0 Å². The van der Waals surface area contributed by atoms with Crippen molar-refractivity contribution in [2.45, 2.75) is 32.0 Å². The minimum Gasteiger partial charge on any atom is -0.495 e. The summed E-state index contributed by atoms with van der Waals surface area (Å²) >= 11 is 0. The summed E-state index contributed by atoms with van der Waals surface area (Å²) in [6.45, 7) is 0.661. The molecule has 1 aliphatic heterocycles. The van der Waals surface area contributed by atoms with Gasteiger partial charge in [0.15, 0.2) is 11.5 Å². The molecule has 0 fully saturated rings. The summed E-state index contributed by atoms with van der Waals surface area (Å²) < 4.78 is 69.4. The van der Waals surface area contributed by atoms with Crippen molar-refractivity contribution >= 4 is 11.7 Å². The smallest absolute Gasteiger partial charge is 0.405 e. The van der Waals surface area contributed by atoms with Gasteiger partial charge >= 0.3 is 12.2 Å². The maximum absolute atomic E-state index is 14.0. The second-order valence-electron chi connectivity index (χ2n) is 9.50. The molecule has 3 N–H and O–H groups in total. The highest BCUT2D eigenvalue weighted by Gasteiger charge is 2.36. The van der Waals surface area contributed by atoms with Gasteiger partial charge in [0.05, 0.1) is 32.6 Å². The fourth-order valence-corrected chi connectivity index (χ4v) is 4.89. The summed E-state index contributed by atoms with van der Waals surface area (Å²) in [5, 5.41) is 1.97. The molecule has 4 rings (SSSR count). The lowest BCUT2D eigenvalue weighted by molar-refractivity contribution is -0.123. The van der Waals surface area contributed by atoms with Crippen molar-refractivity contribution in [1.82, 2.24) is 10.2 Å². The number of carbonyl (C=O) groups is 1. The number of anilines is 1. The van der Waals surface area contributed by atoms with Crippen LogP contribution in [0, 0.1) is 12.7 Å². The second-order valence-corrected chi connectivity index (χ2v) is 9.50. The first-order valence-electron chi connectivity index (χ1n) is 12.6. The van der Waals surface area contributed by atoms with E-state index in [1.54, 1.807) is 38.3 Å². The number of benzene rings is 3. The van der Waals surface area contributed by atoms with Gasteiger partial charge in [0.1, 0.15) is 18.1 Å². The van der Waals surface area contributed by atoms with E-state index >= 15 is 0 Å². The molecule has 1 atom stereocenters. The lowest BCUT2D eigenvalue weighted by Gasteiger charge is -2.38. The molecule has 3 aromatic carbocycles. The average molecular weight is 562 g/mol. The van der Waals surface area contributed by atoms with Gasteiger partial charge in [-0.15, -0.1) is 0 Å². The van der Waals surface area contributed by atoms with Crippen LogP contribution in [0.5, 0.6) is 17.2 Å². The number of alkyl halides is 3. The van der Waals surface area contributed by atoms with Crippen molar-refractivity contribution in [1.29, 1.82) is 0 Å². The minimum absolute atomic E-state index is 0.153. The Kier molecular flexibility index (Phi) is 8.61. The Balaban J connectivity index is 1.66. The van der Waals surface area contributed by atoms with Gasteiger partial charge in [-0.25, -0.2) is 9.18 Å². The summed E-state index contributed by atoms with van der Waals surface area (Å²) in [6, 6.07) is 11.5. The fourth-order valence-electron chi connectivity index (χ4n) is 4.89. The van der Waals surface area contributed by atoms with Crippen molar-refractivity contribution in [3.63, 3.8) is 0 Å². The number of nitrogens with one attached hydrogen (secondary N) is 1. The van der Waals surface area contributed by atoms with E-state index in [0.717, 1.165) is 11.1 Å². The molecule has 0 bridgehead atoms. The molecule has 0 aliphatic carbocycles. The Bertz CT molecular complexity index is 1380. The van der Waals surface area contributed by atoms with Crippen molar-refractivity contribution in [2.24, 2.45) is 0 Å². The highest BCUT2D eigenvalue weighted by Crippen LogP contribution is 2.42. The zero-order valence-electron chi connectivity index (χ0n) is 22.4. The molecule has 0 spiro atoms. The van der Waals surface area contributed by atoms with Gasteiger partial charge in [0.25, 0.3) is 0 Å². The summed E-state index contributed by atoms with van der Waals surface area (Å²) in [5.41, 5.74) is 10.1. The van der Waals surface area contributed by atoms with Crippen LogP contribution in [0.25, 0.3) is 0 Å². The molecule has 0 radical (unpaired) electrons. The predicted octanol–water partition coefficient (Wildman–Crippen LogP) is 5.57. The quantitative estimate of drug-likeness (QED) is 0.277. The van der Waals surface area contributed by atoms with E-state index in [4.69, 9.17) is 19.9 Å². The van der Waals surface area contributed by atoms with Crippen LogP contribution in [0.4, 0.5) is 28.0 Å². The SMILES string of the molecule is COc1ccc(CCOc2cc3c(cc2OC)CCN(C(=O)NCC(F)(F)F)C3c2ccc(F)cc2C)cc1N. The highest BCUT2D eigenvalue weighted by atomic mass is 19.4. The molecule has 11 heteroatoms. The largest absolute Gasteiger partial charge is 0.495 e. The molecule has 1 heterocycles. The number of nitrogen functional groups attached to an aromatic ring is 1. The van der Waals surface area contributed by atoms with Gasteiger partial charge in [-0.2, -0.15) is 13.2 Å². The Hall–Kier alpha value is -4.15. The van der Waals surface area contributed by atoms with Gasteiger partial charge in [-0.1, -0.05) is 12.1 Å². The molecular formula is C29H31F4N3O4. The van der Waals surface area contributed by atoms with Crippen LogP contribution in [-0.2, 0) is 12.8 Å². The molecule has 40 heavy (non-hydrogen) atoms. The third kappa shape index (κ3) is 6.52. The molecule has 3 aromatic rings. The van der Waals surface area contributed by atoms with Gasteiger partial charge in [-0.05, 0) is 77.6 Å². The number of nitrogens with zero attached hydrogens (tertiary/aromatic N) is 1. The van der Waals surface area contributed by atoms with E-state index < -0.39 is 30.6 Å². The van der Waals surface area contributed by atoms with Gasteiger partial charge in [0, 0.05) is 13.0 Å². The number of ether oxygens (including phenoxy) is 3. The van der Waals surface area contributed by atoms with E-state index in [0.29, 0.717) is 52.5 Å². The Morgan fingerprint density at radius 3 is 2.42 bits per heavy atom. The summed E-state index contributed by atoms with van der Waals surface area (Å²) in [5.74, 6) is 1.01. The zero-order chi connectivity index (χ0) is 29.0. The summed E-state index contributed by atoms with van der Waals surface area (Å²) in [4.78, 5) is 14.3. The first-order valence-corrected chi connectivity index (χ1v) is 12.6. The minimum atomic E-state index is -4.56. The second kappa shape index (κ2) is 11.9.